The van der Waals surface area contributed by atoms with E-state index in [1.165, 1.54) is 65.0 Å². The van der Waals surface area contributed by atoms with E-state index in [4.69, 9.17) is 4.99 Å². The van der Waals surface area contributed by atoms with Crippen LogP contribution in [0.4, 0.5) is 0 Å². The SMILES string of the molecule is CCCN1CCC(NC(=NCCCN2CC(C)CC(C)C2)NCC)CC1. The van der Waals surface area contributed by atoms with Gasteiger partial charge in [-0.15, -0.1) is 0 Å². The van der Waals surface area contributed by atoms with Crippen molar-refractivity contribution >= 4 is 5.96 Å². The van der Waals surface area contributed by atoms with Crippen molar-refractivity contribution in [2.24, 2.45) is 16.8 Å². The molecule has 5 heteroatoms. The van der Waals surface area contributed by atoms with E-state index in [9.17, 15) is 0 Å². The first-order chi connectivity index (χ1) is 12.6. The van der Waals surface area contributed by atoms with Gasteiger partial charge in [0.2, 0.25) is 0 Å². The predicted octanol–water partition coefficient (Wildman–Crippen LogP) is 2.78. The molecule has 0 spiro atoms. The van der Waals surface area contributed by atoms with Gasteiger partial charge in [0.05, 0.1) is 0 Å². The summed E-state index contributed by atoms with van der Waals surface area (Å²) in [6.45, 7) is 18.5. The molecule has 0 bridgehead atoms. The zero-order chi connectivity index (χ0) is 18.8. The Morgan fingerprint density at radius 2 is 1.69 bits per heavy atom. The fourth-order valence-corrected chi connectivity index (χ4v) is 4.59. The molecule has 0 aromatic carbocycles. The zero-order valence-electron chi connectivity index (χ0n) is 17.8. The molecule has 0 radical (unpaired) electrons. The highest BCUT2D eigenvalue weighted by Crippen LogP contribution is 2.20. The summed E-state index contributed by atoms with van der Waals surface area (Å²) in [6.07, 6.45) is 6.27. The van der Waals surface area contributed by atoms with E-state index >= 15 is 0 Å². The summed E-state index contributed by atoms with van der Waals surface area (Å²) in [5, 5.41) is 7.10. The molecular formula is C21H43N5. The van der Waals surface area contributed by atoms with Gasteiger partial charge in [-0.2, -0.15) is 0 Å². The van der Waals surface area contributed by atoms with Crippen LogP contribution in [0.1, 0.15) is 59.8 Å². The van der Waals surface area contributed by atoms with Crippen LogP contribution < -0.4 is 10.6 Å². The van der Waals surface area contributed by atoms with Crippen molar-refractivity contribution in [1.82, 2.24) is 20.4 Å². The Kier molecular flexibility index (Phi) is 9.76. The van der Waals surface area contributed by atoms with Crippen LogP contribution in [-0.4, -0.2) is 74.2 Å². The van der Waals surface area contributed by atoms with Crippen molar-refractivity contribution in [2.75, 3.05) is 52.4 Å². The zero-order valence-corrected chi connectivity index (χ0v) is 17.8. The largest absolute Gasteiger partial charge is 0.357 e. The standard InChI is InChI=1S/C21H43N5/c1-5-11-25-13-8-20(9-14-25)24-21(22-6-2)23-10-7-12-26-16-18(3)15-19(4)17-26/h18-20H,5-17H2,1-4H3,(H2,22,23,24). The van der Waals surface area contributed by atoms with Gasteiger partial charge in [0.25, 0.3) is 0 Å². The van der Waals surface area contributed by atoms with E-state index in [0.717, 1.165) is 37.3 Å². The quantitative estimate of drug-likeness (QED) is 0.394. The highest BCUT2D eigenvalue weighted by atomic mass is 15.2. The van der Waals surface area contributed by atoms with Gasteiger partial charge in [-0.1, -0.05) is 20.8 Å². The number of hydrogen-bond donors (Lipinski definition) is 2. The third kappa shape index (κ3) is 7.83. The molecule has 0 amide bonds. The molecule has 2 saturated heterocycles. The molecule has 2 N–H and O–H groups in total. The minimum atomic E-state index is 0.574. The summed E-state index contributed by atoms with van der Waals surface area (Å²) in [5.41, 5.74) is 0. The van der Waals surface area contributed by atoms with E-state index in [0.29, 0.717) is 6.04 Å². The van der Waals surface area contributed by atoms with E-state index in [1.807, 2.05) is 0 Å². The molecule has 26 heavy (non-hydrogen) atoms. The molecular weight excluding hydrogens is 322 g/mol. The molecule has 0 aromatic heterocycles. The first kappa shape index (κ1) is 21.5. The second kappa shape index (κ2) is 11.8. The second-order valence-corrected chi connectivity index (χ2v) is 8.58. The van der Waals surface area contributed by atoms with Crippen molar-refractivity contribution in [3.8, 4) is 0 Å². The fraction of sp³-hybridized carbons (Fsp3) is 0.952. The molecule has 2 rings (SSSR count). The van der Waals surface area contributed by atoms with Crippen molar-refractivity contribution in [2.45, 2.75) is 65.8 Å². The lowest BCUT2D eigenvalue weighted by Gasteiger charge is -2.34. The maximum atomic E-state index is 4.84. The van der Waals surface area contributed by atoms with Crippen LogP contribution in [0.3, 0.4) is 0 Å². The van der Waals surface area contributed by atoms with Gasteiger partial charge in [0.1, 0.15) is 0 Å². The van der Waals surface area contributed by atoms with Crippen LogP contribution in [0.25, 0.3) is 0 Å². The summed E-state index contributed by atoms with van der Waals surface area (Å²) in [6, 6.07) is 0.574. The van der Waals surface area contributed by atoms with Gasteiger partial charge >= 0.3 is 0 Å². The Hall–Kier alpha value is -0.810. The molecule has 0 aliphatic carbocycles. The van der Waals surface area contributed by atoms with E-state index in [-0.39, 0.29) is 0 Å². The van der Waals surface area contributed by atoms with Crippen molar-refractivity contribution in [3.63, 3.8) is 0 Å². The Balaban J connectivity index is 1.69. The number of guanidine groups is 1. The highest BCUT2D eigenvalue weighted by molar-refractivity contribution is 5.80. The molecule has 2 fully saturated rings. The maximum Gasteiger partial charge on any atom is 0.191 e. The highest BCUT2D eigenvalue weighted by Gasteiger charge is 2.21. The summed E-state index contributed by atoms with van der Waals surface area (Å²) in [5.74, 6) is 2.71. The topological polar surface area (TPSA) is 42.9 Å². The molecule has 2 heterocycles. The van der Waals surface area contributed by atoms with E-state index < -0.39 is 0 Å². The Bertz CT molecular complexity index is 393. The number of nitrogens with one attached hydrogen (secondary N) is 2. The first-order valence-corrected chi connectivity index (χ1v) is 11.1. The Labute approximate surface area is 162 Å². The summed E-state index contributed by atoms with van der Waals surface area (Å²) in [7, 11) is 0. The van der Waals surface area contributed by atoms with Crippen molar-refractivity contribution < 1.29 is 0 Å². The van der Waals surface area contributed by atoms with Crippen molar-refractivity contribution in [1.29, 1.82) is 0 Å². The van der Waals surface area contributed by atoms with Crippen LogP contribution in [0, 0.1) is 11.8 Å². The molecule has 0 aromatic rings. The van der Waals surface area contributed by atoms with Gasteiger partial charge in [0.15, 0.2) is 5.96 Å². The lowest BCUT2D eigenvalue weighted by molar-refractivity contribution is 0.140. The first-order valence-electron chi connectivity index (χ1n) is 11.1. The average molecular weight is 366 g/mol. The second-order valence-electron chi connectivity index (χ2n) is 8.58. The van der Waals surface area contributed by atoms with Crippen molar-refractivity contribution in [3.05, 3.63) is 0 Å². The molecule has 2 aliphatic rings. The van der Waals surface area contributed by atoms with Crippen LogP contribution in [0.15, 0.2) is 4.99 Å². The lowest BCUT2D eigenvalue weighted by Crippen LogP contribution is -2.48. The van der Waals surface area contributed by atoms with E-state index in [1.54, 1.807) is 0 Å². The predicted molar refractivity (Wildman–Crippen MR) is 113 cm³/mol. The number of nitrogens with zero attached hydrogens (tertiary/aromatic N) is 3. The summed E-state index contributed by atoms with van der Waals surface area (Å²) < 4.78 is 0. The molecule has 5 nitrogen and oxygen atoms in total. The Morgan fingerprint density at radius 3 is 2.31 bits per heavy atom. The number of piperidine rings is 2. The third-order valence-electron chi connectivity index (χ3n) is 5.66. The van der Waals surface area contributed by atoms with Gasteiger partial charge in [-0.25, -0.2) is 0 Å². The van der Waals surface area contributed by atoms with Crippen LogP contribution in [0.2, 0.25) is 0 Å². The number of aliphatic imine (C=N–C) groups is 1. The number of hydrogen-bond acceptors (Lipinski definition) is 3. The van der Waals surface area contributed by atoms with Gasteiger partial charge in [-0.3, -0.25) is 4.99 Å². The molecule has 2 aliphatic heterocycles. The van der Waals surface area contributed by atoms with Crippen LogP contribution in [-0.2, 0) is 0 Å². The smallest absolute Gasteiger partial charge is 0.191 e. The summed E-state index contributed by atoms with van der Waals surface area (Å²) in [4.78, 5) is 10.1. The summed E-state index contributed by atoms with van der Waals surface area (Å²) >= 11 is 0. The van der Waals surface area contributed by atoms with Crippen LogP contribution >= 0.6 is 0 Å². The number of rotatable bonds is 8. The monoisotopic (exact) mass is 365 g/mol. The third-order valence-corrected chi connectivity index (χ3v) is 5.66. The average Bonchev–Trinajstić information content (AvgIpc) is 2.60. The van der Waals surface area contributed by atoms with Gasteiger partial charge in [-0.05, 0) is 64.0 Å². The fourth-order valence-electron chi connectivity index (χ4n) is 4.59. The minimum absolute atomic E-state index is 0.574. The van der Waals surface area contributed by atoms with Gasteiger partial charge in [0, 0.05) is 45.3 Å². The molecule has 2 atom stereocenters. The molecule has 152 valence electrons. The minimum Gasteiger partial charge on any atom is -0.357 e. The molecule has 0 saturated carbocycles. The number of likely N-dealkylation sites (tertiary alicyclic amines) is 2. The normalized spacial score (nSPS) is 26.8. The van der Waals surface area contributed by atoms with E-state index in [2.05, 4.69) is 48.1 Å². The lowest BCUT2D eigenvalue weighted by atomic mass is 9.92. The maximum absolute atomic E-state index is 4.84. The molecule has 2 unspecified atom stereocenters. The van der Waals surface area contributed by atoms with Crippen LogP contribution in [0.5, 0.6) is 0 Å². The Morgan fingerprint density at radius 1 is 1.00 bits per heavy atom. The van der Waals surface area contributed by atoms with Gasteiger partial charge < -0.3 is 20.4 Å².